The number of piperazine rings is 1. The fourth-order valence-corrected chi connectivity index (χ4v) is 5.12. The lowest BCUT2D eigenvalue weighted by Gasteiger charge is -2.34. The third kappa shape index (κ3) is 4.44. The predicted octanol–water partition coefficient (Wildman–Crippen LogP) is 3.09. The van der Waals surface area contributed by atoms with Crippen molar-refractivity contribution >= 4 is 22.2 Å². The van der Waals surface area contributed by atoms with Crippen LogP contribution in [-0.2, 0) is 6.54 Å². The molecule has 174 valence electrons. The average molecular weight is 476 g/mol. The first-order chi connectivity index (χ1) is 16.5. The topological polar surface area (TPSA) is 80.0 Å². The zero-order valence-corrected chi connectivity index (χ0v) is 19.9. The number of rotatable bonds is 5. The van der Waals surface area contributed by atoms with E-state index >= 15 is 0 Å². The number of carbonyl (C=O) groups is 1. The van der Waals surface area contributed by atoms with Gasteiger partial charge < -0.3 is 9.64 Å². The van der Waals surface area contributed by atoms with E-state index < -0.39 is 0 Å². The molecule has 3 heterocycles. The van der Waals surface area contributed by atoms with E-state index in [2.05, 4.69) is 10.00 Å². The number of benzene rings is 2. The van der Waals surface area contributed by atoms with Crippen LogP contribution in [0, 0.1) is 6.92 Å². The molecule has 1 saturated heterocycles. The fourth-order valence-electron chi connectivity index (χ4n) is 4.17. The number of ether oxygens (including phenoxy) is 1. The summed E-state index contributed by atoms with van der Waals surface area (Å²) in [5.74, 6) is 0.766. The first-order valence-electron chi connectivity index (χ1n) is 11.1. The van der Waals surface area contributed by atoms with Gasteiger partial charge in [0.15, 0.2) is 5.01 Å². The average Bonchev–Trinajstić information content (AvgIpc) is 3.29. The summed E-state index contributed by atoms with van der Waals surface area (Å²) in [6, 6.07) is 16.8. The van der Waals surface area contributed by atoms with Gasteiger partial charge in [0.25, 0.3) is 11.5 Å². The molecule has 0 N–H and O–H groups in total. The van der Waals surface area contributed by atoms with Gasteiger partial charge in [-0.05, 0) is 31.2 Å². The Hall–Kier alpha value is -3.56. The number of methoxy groups -OCH3 is 1. The first kappa shape index (κ1) is 22.2. The Morgan fingerprint density at radius 2 is 1.85 bits per heavy atom. The molecular weight excluding hydrogens is 450 g/mol. The summed E-state index contributed by atoms with van der Waals surface area (Å²) in [6.07, 6.45) is 0. The minimum absolute atomic E-state index is 0.0645. The van der Waals surface area contributed by atoms with Gasteiger partial charge in [0, 0.05) is 44.4 Å². The molecule has 1 fully saturated rings. The number of fused-ring (bicyclic) bond motifs is 1. The van der Waals surface area contributed by atoms with Crippen LogP contribution < -0.4 is 10.3 Å². The molecule has 5 rings (SSSR count). The van der Waals surface area contributed by atoms with Crippen LogP contribution in [0.4, 0.5) is 0 Å². The molecule has 34 heavy (non-hydrogen) atoms. The molecule has 8 nitrogen and oxygen atoms in total. The number of aromatic nitrogens is 3. The molecule has 1 aliphatic rings. The van der Waals surface area contributed by atoms with Crippen LogP contribution in [0.1, 0.15) is 21.6 Å². The zero-order chi connectivity index (χ0) is 23.7. The number of amides is 1. The number of nitrogens with zero attached hydrogens (tertiary/aromatic N) is 5. The van der Waals surface area contributed by atoms with Crippen molar-refractivity contribution in [2.75, 3.05) is 33.3 Å². The van der Waals surface area contributed by atoms with Crippen LogP contribution in [0.25, 0.3) is 15.5 Å². The molecular formula is C25H25N5O3S. The highest BCUT2D eigenvalue weighted by Crippen LogP contribution is 2.32. The smallest absolute Gasteiger partial charge is 0.275 e. The Kier molecular flexibility index (Phi) is 6.12. The van der Waals surface area contributed by atoms with Crippen molar-refractivity contribution in [3.63, 3.8) is 0 Å². The second kappa shape index (κ2) is 9.36. The van der Waals surface area contributed by atoms with Gasteiger partial charge in [0.2, 0.25) is 4.96 Å². The van der Waals surface area contributed by atoms with Gasteiger partial charge >= 0.3 is 0 Å². The Bertz CT molecular complexity index is 1410. The molecule has 1 aliphatic heterocycles. The number of hydrogen-bond acceptors (Lipinski definition) is 7. The Labute approximate surface area is 201 Å². The molecule has 0 spiro atoms. The Morgan fingerprint density at radius 1 is 1.06 bits per heavy atom. The third-order valence-corrected chi connectivity index (χ3v) is 6.89. The van der Waals surface area contributed by atoms with Crippen LogP contribution in [-0.4, -0.2) is 63.6 Å². The van der Waals surface area contributed by atoms with Crippen LogP contribution in [0.15, 0.2) is 59.4 Å². The van der Waals surface area contributed by atoms with Gasteiger partial charge in [-0.3, -0.25) is 14.5 Å². The largest absolute Gasteiger partial charge is 0.496 e. The minimum atomic E-state index is -0.203. The minimum Gasteiger partial charge on any atom is -0.496 e. The van der Waals surface area contributed by atoms with Gasteiger partial charge in [-0.2, -0.15) is 9.61 Å². The van der Waals surface area contributed by atoms with Crippen molar-refractivity contribution in [2.45, 2.75) is 13.5 Å². The first-order valence-corrected chi connectivity index (χ1v) is 11.9. The van der Waals surface area contributed by atoms with Crippen LogP contribution in [0.2, 0.25) is 0 Å². The molecule has 0 bridgehead atoms. The normalized spacial score (nSPS) is 14.5. The number of para-hydroxylation sites is 1. The maximum Gasteiger partial charge on any atom is 0.275 e. The molecule has 0 unspecified atom stereocenters. The Balaban J connectivity index is 1.29. The maximum absolute atomic E-state index is 12.8. The molecule has 2 aromatic heterocycles. The van der Waals surface area contributed by atoms with E-state index in [-0.39, 0.29) is 11.5 Å². The summed E-state index contributed by atoms with van der Waals surface area (Å²) in [7, 11) is 1.61. The monoisotopic (exact) mass is 475 g/mol. The summed E-state index contributed by atoms with van der Waals surface area (Å²) >= 11 is 1.36. The third-order valence-electron chi connectivity index (χ3n) is 5.95. The molecule has 0 saturated carbocycles. The predicted molar refractivity (Wildman–Crippen MR) is 131 cm³/mol. The van der Waals surface area contributed by atoms with Crippen molar-refractivity contribution in [1.29, 1.82) is 0 Å². The quantitative estimate of drug-likeness (QED) is 0.441. The lowest BCUT2D eigenvalue weighted by Crippen LogP contribution is -2.48. The lowest BCUT2D eigenvalue weighted by atomic mass is 10.1. The second-order valence-corrected chi connectivity index (χ2v) is 9.28. The number of carbonyl (C=O) groups excluding carboxylic acids is 1. The lowest BCUT2D eigenvalue weighted by molar-refractivity contribution is 0.0627. The van der Waals surface area contributed by atoms with Crippen molar-refractivity contribution in [1.82, 2.24) is 24.4 Å². The Morgan fingerprint density at radius 3 is 2.62 bits per heavy atom. The molecule has 2 aromatic carbocycles. The van der Waals surface area contributed by atoms with Crippen molar-refractivity contribution < 1.29 is 9.53 Å². The van der Waals surface area contributed by atoms with E-state index in [9.17, 15) is 9.59 Å². The summed E-state index contributed by atoms with van der Waals surface area (Å²) in [6.45, 7) is 5.30. The van der Waals surface area contributed by atoms with E-state index in [1.165, 1.54) is 15.9 Å². The highest BCUT2D eigenvalue weighted by Gasteiger charge is 2.23. The standard InChI is InChI=1S/C25H25N5O3S/c1-17-6-5-7-18(14-17)24(32)29-12-10-28(11-13-29)16-19-15-22(31)30-25(26-19)34-23(27-30)20-8-3-4-9-21(20)33-2/h3-9,14-15H,10-13,16H2,1-2H3. The maximum atomic E-state index is 12.8. The van der Waals surface area contributed by atoms with Gasteiger partial charge in [0.05, 0.1) is 18.4 Å². The van der Waals surface area contributed by atoms with Gasteiger partial charge in [0.1, 0.15) is 5.75 Å². The van der Waals surface area contributed by atoms with Gasteiger partial charge in [-0.25, -0.2) is 4.98 Å². The summed E-state index contributed by atoms with van der Waals surface area (Å²) in [5, 5.41) is 5.15. The van der Waals surface area contributed by atoms with Gasteiger partial charge in [-0.1, -0.05) is 41.2 Å². The van der Waals surface area contributed by atoms with Crippen molar-refractivity contribution in [3.8, 4) is 16.3 Å². The molecule has 0 atom stereocenters. The molecule has 4 aromatic rings. The van der Waals surface area contributed by atoms with Gasteiger partial charge in [-0.15, -0.1) is 0 Å². The van der Waals surface area contributed by atoms with E-state index in [1.807, 2.05) is 60.4 Å². The van der Waals surface area contributed by atoms with E-state index in [4.69, 9.17) is 9.72 Å². The zero-order valence-electron chi connectivity index (χ0n) is 19.1. The number of aryl methyl sites for hydroxylation is 1. The molecule has 0 radical (unpaired) electrons. The molecule has 1 amide bonds. The summed E-state index contributed by atoms with van der Waals surface area (Å²) < 4.78 is 6.78. The highest BCUT2D eigenvalue weighted by atomic mass is 32.1. The molecule has 0 aliphatic carbocycles. The van der Waals surface area contributed by atoms with Crippen LogP contribution in [0.3, 0.4) is 0 Å². The fraction of sp³-hybridized carbons (Fsp3) is 0.280. The van der Waals surface area contributed by atoms with Crippen molar-refractivity contribution in [3.05, 3.63) is 81.8 Å². The van der Waals surface area contributed by atoms with E-state index in [1.54, 1.807) is 13.2 Å². The number of hydrogen-bond donors (Lipinski definition) is 0. The van der Waals surface area contributed by atoms with Crippen molar-refractivity contribution in [2.24, 2.45) is 0 Å². The molecule has 9 heteroatoms. The summed E-state index contributed by atoms with van der Waals surface area (Å²) in [5.41, 5.74) is 3.14. The summed E-state index contributed by atoms with van der Waals surface area (Å²) in [4.78, 5) is 34.9. The second-order valence-electron chi connectivity index (χ2n) is 8.33. The highest BCUT2D eigenvalue weighted by molar-refractivity contribution is 7.19. The van der Waals surface area contributed by atoms with Crippen LogP contribution in [0.5, 0.6) is 5.75 Å². The van der Waals surface area contributed by atoms with E-state index in [0.29, 0.717) is 41.0 Å². The SMILES string of the molecule is COc1ccccc1-c1nn2c(=O)cc(CN3CCN(C(=O)c4cccc(C)c4)CC3)nc2s1. The van der Waals surface area contributed by atoms with Crippen LogP contribution >= 0.6 is 11.3 Å². The van der Waals surface area contributed by atoms with E-state index in [0.717, 1.165) is 29.8 Å².